The predicted octanol–water partition coefficient (Wildman–Crippen LogP) is 14.5. The number of unbranched alkanes of at least 4 members (excludes halogenated alkanes) is 18. The highest BCUT2D eigenvalue weighted by atomic mass is 16.6. The van der Waals surface area contributed by atoms with Gasteiger partial charge in [0.2, 0.25) is 0 Å². The van der Waals surface area contributed by atoms with Crippen molar-refractivity contribution in [2.24, 2.45) is 46.3 Å². The first-order chi connectivity index (χ1) is 29.9. The number of hydrogen-bond donors (Lipinski definition) is 1. The molecule has 0 aromatic rings. The summed E-state index contributed by atoms with van der Waals surface area (Å²) in [4.78, 5) is 52.7. The molecule has 0 heterocycles. The van der Waals surface area contributed by atoms with Crippen molar-refractivity contribution in [1.29, 1.82) is 0 Å². The van der Waals surface area contributed by atoms with E-state index in [1.807, 2.05) is 0 Å². The fourth-order valence-corrected chi connectivity index (χ4v) is 13.4. The van der Waals surface area contributed by atoms with Crippen molar-refractivity contribution in [1.82, 2.24) is 0 Å². The van der Waals surface area contributed by atoms with E-state index < -0.39 is 5.97 Å². The van der Waals surface area contributed by atoms with Crippen molar-refractivity contribution in [2.45, 2.75) is 272 Å². The van der Waals surface area contributed by atoms with Gasteiger partial charge in [-0.3, -0.25) is 19.2 Å². The van der Waals surface area contributed by atoms with Gasteiger partial charge in [0.25, 0.3) is 0 Å². The van der Waals surface area contributed by atoms with Crippen LogP contribution < -0.4 is 0 Å². The Morgan fingerprint density at radius 2 is 1.05 bits per heavy atom. The molecule has 0 bridgehead atoms. The van der Waals surface area contributed by atoms with Crippen LogP contribution in [0.15, 0.2) is 0 Å². The van der Waals surface area contributed by atoms with E-state index in [9.17, 15) is 24.3 Å². The Balaban J connectivity index is 1.55. The molecule has 0 spiro atoms. The summed E-state index contributed by atoms with van der Waals surface area (Å²) < 4.78 is 19.7. The molecular formula is C54H94O8. The first-order valence-corrected chi connectivity index (χ1v) is 26.7. The van der Waals surface area contributed by atoms with Crippen molar-refractivity contribution in [3.05, 3.63) is 0 Å². The van der Waals surface area contributed by atoms with Crippen LogP contribution in [0.4, 0.5) is 0 Å². The van der Waals surface area contributed by atoms with Gasteiger partial charge in [0.15, 0.2) is 0 Å². The van der Waals surface area contributed by atoms with E-state index in [0.717, 1.165) is 96.3 Å². The third-order valence-electron chi connectivity index (χ3n) is 17.1. The molecule has 62 heavy (non-hydrogen) atoms. The van der Waals surface area contributed by atoms with E-state index in [0.29, 0.717) is 25.7 Å². The molecule has 8 heteroatoms. The molecule has 0 unspecified atom stereocenters. The SMILES string of the molecule is CCCCCCCCCC(=O)O[C@@H]1CC[C@@]2(C)[C@@H](C1)C[C@@H](OC(=O)CCCCCCCCC)[C@@H]1[C@@H]2C[C@H](OC(=O)CCCCCCCCC)[C@]2(C)[C@@H]([C@H](C)CCC(=O)O)CC[C@@H]12. The van der Waals surface area contributed by atoms with Gasteiger partial charge in [-0.15, -0.1) is 0 Å². The Morgan fingerprint density at radius 3 is 1.56 bits per heavy atom. The maximum absolute atomic E-state index is 13.9. The van der Waals surface area contributed by atoms with Gasteiger partial charge in [0.05, 0.1) is 0 Å². The zero-order valence-electron chi connectivity index (χ0n) is 40.8. The fraction of sp³-hybridized carbons (Fsp3) is 0.926. The Labute approximate surface area is 379 Å². The molecule has 0 saturated heterocycles. The third kappa shape index (κ3) is 15.2. The predicted molar refractivity (Wildman–Crippen MR) is 249 cm³/mol. The Morgan fingerprint density at radius 1 is 0.565 bits per heavy atom. The number of fused-ring (bicyclic) bond motifs is 5. The van der Waals surface area contributed by atoms with E-state index in [1.54, 1.807) is 0 Å². The molecule has 4 saturated carbocycles. The van der Waals surface area contributed by atoms with E-state index in [1.165, 1.54) is 83.5 Å². The Bertz CT molecular complexity index is 1330. The first-order valence-electron chi connectivity index (χ1n) is 26.7. The van der Waals surface area contributed by atoms with Crippen LogP contribution in [-0.2, 0) is 33.4 Å². The molecule has 0 aromatic carbocycles. The molecule has 358 valence electrons. The average molecular weight is 871 g/mol. The van der Waals surface area contributed by atoms with Crippen molar-refractivity contribution >= 4 is 23.9 Å². The molecule has 0 amide bonds. The molecule has 0 aromatic heterocycles. The summed E-state index contributed by atoms with van der Waals surface area (Å²) in [7, 11) is 0. The maximum atomic E-state index is 13.9. The van der Waals surface area contributed by atoms with Crippen molar-refractivity contribution in [3.63, 3.8) is 0 Å². The second-order valence-corrected chi connectivity index (χ2v) is 21.4. The number of rotatable bonds is 31. The van der Waals surface area contributed by atoms with E-state index in [2.05, 4.69) is 41.5 Å². The Hall–Kier alpha value is -2.12. The number of carboxylic acid groups (broad SMARTS) is 1. The van der Waals surface area contributed by atoms with Gasteiger partial charge in [0.1, 0.15) is 18.3 Å². The molecule has 8 nitrogen and oxygen atoms in total. The van der Waals surface area contributed by atoms with Crippen LogP contribution >= 0.6 is 0 Å². The maximum Gasteiger partial charge on any atom is 0.306 e. The highest BCUT2D eigenvalue weighted by Crippen LogP contribution is 2.69. The summed E-state index contributed by atoms with van der Waals surface area (Å²) in [6.45, 7) is 13.7. The molecule has 0 radical (unpaired) electrons. The van der Waals surface area contributed by atoms with E-state index in [4.69, 9.17) is 14.2 Å². The quantitative estimate of drug-likeness (QED) is 0.0416. The number of carboxylic acids is 1. The second kappa shape index (κ2) is 27.4. The molecule has 4 fully saturated rings. The lowest BCUT2D eigenvalue weighted by molar-refractivity contribution is -0.226. The molecule has 4 aliphatic carbocycles. The number of hydrogen-bond acceptors (Lipinski definition) is 7. The van der Waals surface area contributed by atoms with Crippen LogP contribution in [0.3, 0.4) is 0 Å². The van der Waals surface area contributed by atoms with Crippen LogP contribution in [0, 0.1) is 46.3 Å². The highest BCUT2D eigenvalue weighted by molar-refractivity contribution is 5.70. The van der Waals surface area contributed by atoms with Crippen LogP contribution in [0.25, 0.3) is 0 Å². The summed E-state index contributed by atoms with van der Waals surface area (Å²) in [5, 5.41) is 9.68. The summed E-state index contributed by atoms with van der Waals surface area (Å²) in [6, 6.07) is 0. The highest BCUT2D eigenvalue weighted by Gasteiger charge is 2.67. The monoisotopic (exact) mass is 871 g/mol. The van der Waals surface area contributed by atoms with E-state index >= 15 is 0 Å². The lowest BCUT2D eigenvalue weighted by Crippen LogP contribution is -2.63. The summed E-state index contributed by atoms with van der Waals surface area (Å²) in [6.07, 6.45) is 31.7. The minimum atomic E-state index is -0.767. The zero-order valence-corrected chi connectivity index (χ0v) is 40.8. The molecule has 11 atom stereocenters. The van der Waals surface area contributed by atoms with Crippen molar-refractivity contribution in [3.8, 4) is 0 Å². The summed E-state index contributed by atoms with van der Waals surface area (Å²) >= 11 is 0. The molecule has 4 aliphatic rings. The van der Waals surface area contributed by atoms with Crippen LogP contribution in [-0.4, -0.2) is 47.3 Å². The van der Waals surface area contributed by atoms with Crippen LogP contribution in [0.2, 0.25) is 0 Å². The second-order valence-electron chi connectivity index (χ2n) is 21.4. The lowest BCUT2D eigenvalue weighted by Gasteiger charge is -2.64. The number of carbonyl (C=O) groups excluding carboxylic acids is 3. The average Bonchev–Trinajstić information content (AvgIpc) is 3.60. The van der Waals surface area contributed by atoms with Crippen LogP contribution in [0.5, 0.6) is 0 Å². The topological polar surface area (TPSA) is 116 Å². The number of carbonyl (C=O) groups is 4. The smallest absolute Gasteiger partial charge is 0.306 e. The summed E-state index contributed by atoms with van der Waals surface area (Å²) in [5.74, 6) is 0.113. The standard InChI is InChI=1S/C54H94O8/c1-7-10-13-16-19-22-25-28-49(57)60-42-35-36-53(5)41(37-42)38-46(61-50(58)29-26-23-20-17-14-11-8-2)52-44-33-32-43(40(4)31-34-48(55)56)54(44,6)47(39-45(52)53)62-51(59)30-27-24-21-18-15-12-9-3/h40-47,52H,7-39H2,1-6H3,(H,55,56)/t40-,41+,42-,43-,44+,45+,46-,47+,52+,53+,54-/m1/s1. The molecule has 4 rings (SSSR count). The van der Waals surface area contributed by atoms with Crippen LogP contribution in [0.1, 0.15) is 253 Å². The van der Waals surface area contributed by atoms with Crippen molar-refractivity contribution < 1.29 is 38.5 Å². The van der Waals surface area contributed by atoms with Gasteiger partial charge in [0, 0.05) is 37.0 Å². The van der Waals surface area contributed by atoms with Gasteiger partial charge in [-0.25, -0.2) is 0 Å². The molecular weight excluding hydrogens is 777 g/mol. The summed E-state index contributed by atoms with van der Waals surface area (Å²) in [5.41, 5.74) is -0.408. The fourth-order valence-electron chi connectivity index (χ4n) is 13.4. The normalized spacial score (nSPS) is 30.7. The van der Waals surface area contributed by atoms with E-state index in [-0.39, 0.29) is 89.0 Å². The number of ether oxygens (including phenoxy) is 3. The van der Waals surface area contributed by atoms with Gasteiger partial charge in [-0.2, -0.15) is 0 Å². The number of aliphatic carboxylic acids is 1. The first kappa shape index (κ1) is 52.5. The van der Waals surface area contributed by atoms with Crippen molar-refractivity contribution in [2.75, 3.05) is 0 Å². The molecule has 1 N–H and O–H groups in total. The zero-order chi connectivity index (χ0) is 45.0. The molecule has 0 aliphatic heterocycles. The van der Waals surface area contributed by atoms with Gasteiger partial charge < -0.3 is 19.3 Å². The minimum Gasteiger partial charge on any atom is -0.481 e. The van der Waals surface area contributed by atoms with Gasteiger partial charge >= 0.3 is 23.9 Å². The number of esters is 3. The Kier molecular flexibility index (Phi) is 23.2. The lowest BCUT2D eigenvalue weighted by atomic mass is 9.43. The van der Waals surface area contributed by atoms with Gasteiger partial charge in [-0.1, -0.05) is 157 Å². The van der Waals surface area contributed by atoms with Gasteiger partial charge in [-0.05, 0) is 106 Å². The third-order valence-corrected chi connectivity index (χ3v) is 17.1. The minimum absolute atomic E-state index is 0.0645. The largest absolute Gasteiger partial charge is 0.481 e.